The number of nitrogens with one attached hydrogen (secondary N) is 1. The molecule has 0 atom stereocenters. The van der Waals surface area contributed by atoms with Crippen molar-refractivity contribution < 1.29 is 17.9 Å². The van der Waals surface area contributed by atoms with Crippen LogP contribution in [0.5, 0.6) is 5.75 Å². The molecule has 2 heterocycles. The van der Waals surface area contributed by atoms with Crippen molar-refractivity contribution in [2.75, 3.05) is 58.3 Å². The molecule has 1 N–H and O–H groups in total. The summed E-state index contributed by atoms with van der Waals surface area (Å²) in [5.74, 6) is -0.0215. The largest absolute Gasteiger partial charge is 0.496 e. The molecule has 0 aliphatic carbocycles. The number of sulfonamides is 1. The SMILES string of the molecule is COc1ccc(S(=O)(=O)N2CCCC2)cc1C(=O)NCc1ccc(N2CCN(C)CC2)cc1. The quantitative estimate of drug-likeness (QED) is 0.665. The Hall–Kier alpha value is -2.62. The first kappa shape index (κ1) is 23.5. The summed E-state index contributed by atoms with van der Waals surface area (Å²) in [5, 5.41) is 2.90. The Morgan fingerprint density at radius 2 is 1.64 bits per heavy atom. The Labute approximate surface area is 196 Å². The number of amides is 1. The summed E-state index contributed by atoms with van der Waals surface area (Å²) >= 11 is 0. The summed E-state index contributed by atoms with van der Waals surface area (Å²) in [6, 6.07) is 12.6. The van der Waals surface area contributed by atoms with E-state index in [0.717, 1.165) is 44.6 Å². The molecule has 0 radical (unpaired) electrons. The van der Waals surface area contributed by atoms with Gasteiger partial charge < -0.3 is 19.9 Å². The van der Waals surface area contributed by atoms with Crippen LogP contribution >= 0.6 is 0 Å². The molecule has 2 aromatic carbocycles. The monoisotopic (exact) mass is 472 g/mol. The van der Waals surface area contributed by atoms with E-state index in [0.29, 0.717) is 25.4 Å². The molecule has 2 aromatic rings. The fourth-order valence-corrected chi connectivity index (χ4v) is 5.81. The van der Waals surface area contributed by atoms with Gasteiger partial charge in [-0.1, -0.05) is 12.1 Å². The predicted octanol–water partition coefficient (Wildman–Crippen LogP) is 2.16. The number of benzene rings is 2. The smallest absolute Gasteiger partial charge is 0.255 e. The molecule has 178 valence electrons. The Morgan fingerprint density at radius 1 is 0.970 bits per heavy atom. The Morgan fingerprint density at radius 3 is 2.27 bits per heavy atom. The normalized spacial score (nSPS) is 17.8. The van der Waals surface area contributed by atoms with Gasteiger partial charge in [0, 0.05) is 51.5 Å². The van der Waals surface area contributed by atoms with E-state index >= 15 is 0 Å². The zero-order valence-electron chi connectivity index (χ0n) is 19.3. The molecule has 0 spiro atoms. The van der Waals surface area contributed by atoms with E-state index in [-0.39, 0.29) is 16.4 Å². The maximum absolute atomic E-state index is 12.9. The molecule has 0 saturated carbocycles. The number of piperazine rings is 1. The van der Waals surface area contributed by atoms with Crippen molar-refractivity contribution >= 4 is 21.6 Å². The molecular formula is C24H32N4O4S. The van der Waals surface area contributed by atoms with Crippen molar-refractivity contribution in [1.82, 2.24) is 14.5 Å². The van der Waals surface area contributed by atoms with E-state index in [1.807, 2.05) is 12.1 Å². The first-order valence-electron chi connectivity index (χ1n) is 11.4. The van der Waals surface area contributed by atoms with Crippen molar-refractivity contribution in [2.45, 2.75) is 24.3 Å². The van der Waals surface area contributed by atoms with Gasteiger partial charge in [0.1, 0.15) is 5.75 Å². The summed E-state index contributed by atoms with van der Waals surface area (Å²) < 4.78 is 32.6. The number of carbonyl (C=O) groups excluding carboxylic acids is 1. The summed E-state index contributed by atoms with van der Waals surface area (Å²) in [6.45, 7) is 5.47. The van der Waals surface area contributed by atoms with Crippen LogP contribution in [0.2, 0.25) is 0 Å². The highest BCUT2D eigenvalue weighted by Crippen LogP contribution is 2.26. The summed E-state index contributed by atoms with van der Waals surface area (Å²) in [7, 11) is -0.0111. The van der Waals surface area contributed by atoms with Crippen LogP contribution in [0.1, 0.15) is 28.8 Å². The van der Waals surface area contributed by atoms with Crippen molar-refractivity contribution in [3.63, 3.8) is 0 Å². The first-order valence-corrected chi connectivity index (χ1v) is 12.8. The van der Waals surface area contributed by atoms with Gasteiger partial charge in [0.2, 0.25) is 10.0 Å². The number of hydrogen-bond acceptors (Lipinski definition) is 6. The molecule has 4 rings (SSSR count). The van der Waals surface area contributed by atoms with Gasteiger partial charge in [-0.2, -0.15) is 4.31 Å². The lowest BCUT2D eigenvalue weighted by atomic mass is 10.1. The highest BCUT2D eigenvalue weighted by atomic mass is 32.2. The maximum atomic E-state index is 12.9. The number of hydrogen-bond donors (Lipinski definition) is 1. The lowest BCUT2D eigenvalue weighted by Gasteiger charge is -2.34. The molecule has 2 saturated heterocycles. The second-order valence-corrected chi connectivity index (χ2v) is 10.6. The minimum atomic E-state index is -3.62. The second kappa shape index (κ2) is 10.1. The molecule has 33 heavy (non-hydrogen) atoms. The summed E-state index contributed by atoms with van der Waals surface area (Å²) in [6.07, 6.45) is 1.71. The third kappa shape index (κ3) is 5.31. The lowest BCUT2D eigenvalue weighted by Crippen LogP contribution is -2.44. The Kier molecular flexibility index (Phi) is 7.21. The minimum Gasteiger partial charge on any atom is -0.496 e. The number of ether oxygens (including phenoxy) is 1. The minimum absolute atomic E-state index is 0.117. The van der Waals surface area contributed by atoms with Gasteiger partial charge in [-0.15, -0.1) is 0 Å². The van der Waals surface area contributed by atoms with E-state index in [4.69, 9.17) is 4.74 Å². The molecule has 0 bridgehead atoms. The summed E-state index contributed by atoms with van der Waals surface area (Å²) in [5.41, 5.74) is 2.37. The average molecular weight is 473 g/mol. The topological polar surface area (TPSA) is 82.2 Å². The van der Waals surface area contributed by atoms with Crippen molar-refractivity contribution in [1.29, 1.82) is 0 Å². The number of likely N-dealkylation sites (N-methyl/N-ethyl adjacent to an activating group) is 1. The van der Waals surface area contributed by atoms with Gasteiger partial charge in [0.05, 0.1) is 17.6 Å². The van der Waals surface area contributed by atoms with Crippen molar-refractivity contribution in [2.24, 2.45) is 0 Å². The van der Waals surface area contributed by atoms with E-state index < -0.39 is 10.0 Å². The first-order chi connectivity index (χ1) is 15.9. The molecule has 9 heteroatoms. The van der Waals surface area contributed by atoms with E-state index in [1.54, 1.807) is 6.07 Å². The second-order valence-electron chi connectivity index (χ2n) is 8.61. The predicted molar refractivity (Wildman–Crippen MR) is 128 cm³/mol. The zero-order chi connectivity index (χ0) is 23.4. The van der Waals surface area contributed by atoms with Gasteiger partial charge in [-0.05, 0) is 55.8 Å². The standard InChI is InChI=1S/C24H32N4O4S/c1-26-13-15-27(16-14-26)20-7-5-19(6-8-20)18-25-24(29)22-17-21(9-10-23(22)32-2)33(30,31)28-11-3-4-12-28/h5-10,17H,3-4,11-16,18H2,1-2H3,(H,25,29). The number of methoxy groups -OCH3 is 1. The highest BCUT2D eigenvalue weighted by molar-refractivity contribution is 7.89. The van der Waals surface area contributed by atoms with E-state index in [9.17, 15) is 13.2 Å². The van der Waals surface area contributed by atoms with Gasteiger partial charge in [0.15, 0.2) is 0 Å². The highest BCUT2D eigenvalue weighted by Gasteiger charge is 2.28. The third-order valence-electron chi connectivity index (χ3n) is 6.38. The number of rotatable bonds is 7. The number of carbonyl (C=O) groups is 1. The van der Waals surface area contributed by atoms with Crippen LogP contribution < -0.4 is 15.0 Å². The maximum Gasteiger partial charge on any atom is 0.255 e. The zero-order valence-corrected chi connectivity index (χ0v) is 20.1. The molecule has 2 aliphatic rings. The fourth-order valence-electron chi connectivity index (χ4n) is 4.27. The van der Waals surface area contributed by atoms with Gasteiger partial charge in [-0.25, -0.2) is 8.42 Å². The van der Waals surface area contributed by atoms with Crippen LogP contribution in [0.15, 0.2) is 47.4 Å². The van der Waals surface area contributed by atoms with Crippen LogP contribution in [-0.2, 0) is 16.6 Å². The van der Waals surface area contributed by atoms with Gasteiger partial charge in [-0.3, -0.25) is 4.79 Å². The average Bonchev–Trinajstić information content (AvgIpc) is 3.39. The number of nitrogens with zero attached hydrogens (tertiary/aromatic N) is 3. The molecule has 1 amide bonds. The van der Waals surface area contributed by atoms with Crippen LogP contribution in [0.4, 0.5) is 5.69 Å². The number of anilines is 1. The molecule has 8 nitrogen and oxygen atoms in total. The molecule has 0 unspecified atom stereocenters. The Bertz CT molecular complexity index is 1070. The van der Waals surface area contributed by atoms with E-state index in [1.165, 1.54) is 29.2 Å². The third-order valence-corrected chi connectivity index (χ3v) is 8.27. The van der Waals surface area contributed by atoms with Crippen LogP contribution in [0.25, 0.3) is 0 Å². The van der Waals surface area contributed by atoms with Gasteiger partial charge >= 0.3 is 0 Å². The molecule has 0 aromatic heterocycles. The fraction of sp³-hybridized carbons (Fsp3) is 0.458. The van der Waals surface area contributed by atoms with Crippen LogP contribution in [0.3, 0.4) is 0 Å². The molecular weight excluding hydrogens is 440 g/mol. The van der Waals surface area contributed by atoms with Crippen molar-refractivity contribution in [3.8, 4) is 5.75 Å². The molecule has 2 aliphatic heterocycles. The lowest BCUT2D eigenvalue weighted by molar-refractivity contribution is 0.0947. The summed E-state index contributed by atoms with van der Waals surface area (Å²) in [4.78, 5) is 17.7. The van der Waals surface area contributed by atoms with E-state index in [2.05, 4.69) is 34.3 Å². The van der Waals surface area contributed by atoms with Crippen LogP contribution in [-0.4, -0.2) is 77.0 Å². The van der Waals surface area contributed by atoms with Crippen molar-refractivity contribution in [3.05, 3.63) is 53.6 Å². The Balaban J connectivity index is 1.43. The molecule has 2 fully saturated rings. The van der Waals surface area contributed by atoms with Gasteiger partial charge in [0.25, 0.3) is 5.91 Å². The van der Waals surface area contributed by atoms with Crippen LogP contribution in [0, 0.1) is 0 Å².